The summed E-state index contributed by atoms with van der Waals surface area (Å²) in [4.78, 5) is 22.9. The summed E-state index contributed by atoms with van der Waals surface area (Å²) in [6.07, 6.45) is 3.14. The molecule has 1 atom stereocenters. The van der Waals surface area contributed by atoms with Crippen molar-refractivity contribution in [1.82, 2.24) is 5.32 Å². The number of carboxylic acids is 1. The highest BCUT2D eigenvalue weighted by molar-refractivity contribution is 6.32. The Kier molecular flexibility index (Phi) is 8.11. The molecule has 0 radical (unpaired) electrons. The number of aliphatic carboxylic acids is 1. The van der Waals surface area contributed by atoms with Crippen LogP contribution in [0.2, 0.25) is 5.02 Å². The lowest BCUT2D eigenvalue weighted by Gasteiger charge is -2.15. The SMILES string of the molecule is CCOc1cc(/C=C(\C#N)C(=O)NC[C@H]2CCCO2)cc(Cl)c1OCC(=O)[O-]. The van der Waals surface area contributed by atoms with Gasteiger partial charge in [-0.2, -0.15) is 5.26 Å². The molecule has 0 aliphatic carbocycles. The van der Waals surface area contributed by atoms with E-state index in [0.29, 0.717) is 18.7 Å². The number of carboxylic acid groups (broad SMARTS) is 1. The van der Waals surface area contributed by atoms with Crippen LogP contribution in [0.5, 0.6) is 11.5 Å². The molecule has 1 aliphatic heterocycles. The molecule has 1 aromatic carbocycles. The van der Waals surface area contributed by atoms with Gasteiger partial charge in [-0.05, 0) is 43.5 Å². The number of halogens is 1. The van der Waals surface area contributed by atoms with Crippen LogP contribution in [0.4, 0.5) is 0 Å². The summed E-state index contributed by atoms with van der Waals surface area (Å²) in [6.45, 7) is 2.33. The molecule has 1 heterocycles. The van der Waals surface area contributed by atoms with Crippen molar-refractivity contribution < 1.29 is 28.9 Å². The summed E-state index contributed by atoms with van der Waals surface area (Å²) in [5, 5.41) is 22.7. The maximum absolute atomic E-state index is 12.3. The average Bonchev–Trinajstić information content (AvgIpc) is 3.17. The number of nitrogens with zero attached hydrogens (tertiary/aromatic N) is 1. The lowest BCUT2D eigenvalue weighted by atomic mass is 10.1. The quantitative estimate of drug-likeness (QED) is 0.480. The van der Waals surface area contributed by atoms with E-state index in [0.717, 1.165) is 12.8 Å². The first-order chi connectivity index (χ1) is 13.4. The third kappa shape index (κ3) is 6.15. The molecule has 0 aromatic heterocycles. The van der Waals surface area contributed by atoms with Crippen molar-refractivity contribution in [2.24, 2.45) is 0 Å². The molecule has 8 nitrogen and oxygen atoms in total. The van der Waals surface area contributed by atoms with Crippen molar-refractivity contribution in [3.63, 3.8) is 0 Å². The molecule has 0 unspecified atom stereocenters. The molecule has 150 valence electrons. The van der Waals surface area contributed by atoms with Crippen LogP contribution in [0.3, 0.4) is 0 Å². The Morgan fingerprint density at radius 3 is 2.86 bits per heavy atom. The molecule has 0 bridgehead atoms. The highest BCUT2D eigenvalue weighted by atomic mass is 35.5. The highest BCUT2D eigenvalue weighted by Crippen LogP contribution is 2.37. The van der Waals surface area contributed by atoms with Gasteiger partial charge in [-0.15, -0.1) is 0 Å². The van der Waals surface area contributed by atoms with Gasteiger partial charge in [0.2, 0.25) is 0 Å². The minimum Gasteiger partial charge on any atom is -0.546 e. The number of nitrogens with one attached hydrogen (secondary N) is 1. The van der Waals surface area contributed by atoms with Gasteiger partial charge in [0.15, 0.2) is 11.5 Å². The molecule has 1 aliphatic rings. The Balaban J connectivity index is 2.19. The summed E-state index contributed by atoms with van der Waals surface area (Å²) in [5.74, 6) is -1.69. The van der Waals surface area contributed by atoms with Gasteiger partial charge >= 0.3 is 0 Å². The van der Waals surface area contributed by atoms with Crippen molar-refractivity contribution in [3.8, 4) is 17.6 Å². The van der Waals surface area contributed by atoms with Crippen LogP contribution in [0.1, 0.15) is 25.3 Å². The lowest BCUT2D eigenvalue weighted by Crippen LogP contribution is -2.32. The molecular formula is C19H20ClN2O6-. The standard InChI is InChI=1S/C19H21ClN2O6/c1-2-26-16-8-12(7-15(20)18(16)28-11-17(23)24)6-13(9-21)19(25)22-10-14-4-3-5-27-14/h6-8,14H,2-5,10-11H2,1H3,(H,22,25)(H,23,24)/p-1/b13-6+/t14-/m1/s1. The van der Waals surface area contributed by atoms with Crippen molar-refractivity contribution in [2.45, 2.75) is 25.9 Å². The molecule has 1 amide bonds. The maximum atomic E-state index is 12.3. The molecule has 28 heavy (non-hydrogen) atoms. The summed E-state index contributed by atoms with van der Waals surface area (Å²) >= 11 is 6.16. The topological polar surface area (TPSA) is 121 Å². The first kappa shape index (κ1) is 21.5. The Hall–Kier alpha value is -2.76. The average molecular weight is 408 g/mol. The van der Waals surface area contributed by atoms with E-state index in [2.05, 4.69) is 5.32 Å². The number of amides is 1. The van der Waals surface area contributed by atoms with Crippen molar-refractivity contribution in [2.75, 3.05) is 26.4 Å². The van der Waals surface area contributed by atoms with Crippen LogP contribution >= 0.6 is 11.6 Å². The molecule has 1 saturated heterocycles. The second-order valence-electron chi connectivity index (χ2n) is 5.94. The number of carbonyl (C=O) groups excluding carboxylic acids is 2. The number of hydrogen-bond acceptors (Lipinski definition) is 7. The molecule has 1 N–H and O–H groups in total. The second-order valence-corrected chi connectivity index (χ2v) is 6.35. The number of carbonyl (C=O) groups is 2. The number of hydrogen-bond donors (Lipinski definition) is 1. The van der Waals surface area contributed by atoms with Crippen LogP contribution < -0.4 is 19.9 Å². The molecular weight excluding hydrogens is 388 g/mol. The summed E-state index contributed by atoms with van der Waals surface area (Å²) in [6, 6.07) is 4.81. The first-order valence-corrected chi connectivity index (χ1v) is 9.13. The largest absolute Gasteiger partial charge is 0.546 e. The fourth-order valence-corrected chi connectivity index (χ4v) is 2.90. The van der Waals surface area contributed by atoms with Gasteiger partial charge in [0.05, 0.1) is 23.7 Å². The van der Waals surface area contributed by atoms with Crippen LogP contribution in [0.25, 0.3) is 6.08 Å². The van der Waals surface area contributed by atoms with Gasteiger partial charge < -0.3 is 29.4 Å². The Labute approximate surface area is 167 Å². The monoisotopic (exact) mass is 407 g/mol. The molecule has 0 saturated carbocycles. The highest BCUT2D eigenvalue weighted by Gasteiger charge is 2.18. The third-order valence-electron chi connectivity index (χ3n) is 3.86. The van der Waals surface area contributed by atoms with Gasteiger partial charge in [0, 0.05) is 13.2 Å². The fraction of sp³-hybridized carbons (Fsp3) is 0.421. The van der Waals surface area contributed by atoms with Crippen LogP contribution in [-0.2, 0) is 14.3 Å². The number of benzene rings is 1. The van der Waals surface area contributed by atoms with E-state index < -0.39 is 18.5 Å². The lowest BCUT2D eigenvalue weighted by molar-refractivity contribution is -0.307. The van der Waals surface area contributed by atoms with Gasteiger partial charge in [-0.3, -0.25) is 4.79 Å². The van der Waals surface area contributed by atoms with Crippen LogP contribution in [0, 0.1) is 11.3 Å². The summed E-state index contributed by atoms with van der Waals surface area (Å²) in [7, 11) is 0. The van der Waals surface area contributed by atoms with Crippen molar-refractivity contribution in [1.29, 1.82) is 5.26 Å². The minimum absolute atomic E-state index is 0.0388. The zero-order chi connectivity index (χ0) is 20.5. The zero-order valence-electron chi connectivity index (χ0n) is 15.3. The summed E-state index contributed by atoms with van der Waals surface area (Å²) < 4.78 is 16.0. The molecule has 1 aromatic rings. The van der Waals surface area contributed by atoms with E-state index in [1.54, 1.807) is 6.92 Å². The van der Waals surface area contributed by atoms with Crippen LogP contribution in [0.15, 0.2) is 17.7 Å². The van der Waals surface area contributed by atoms with E-state index in [9.17, 15) is 20.0 Å². The Morgan fingerprint density at radius 2 is 2.25 bits per heavy atom. The van der Waals surface area contributed by atoms with Gasteiger partial charge in [0.1, 0.15) is 18.2 Å². The van der Waals surface area contributed by atoms with E-state index in [1.165, 1.54) is 18.2 Å². The number of ether oxygens (including phenoxy) is 3. The van der Waals surface area contributed by atoms with E-state index in [4.69, 9.17) is 25.8 Å². The van der Waals surface area contributed by atoms with Crippen molar-refractivity contribution in [3.05, 3.63) is 28.3 Å². The number of rotatable bonds is 9. The maximum Gasteiger partial charge on any atom is 0.262 e. The fourth-order valence-electron chi connectivity index (χ4n) is 2.63. The predicted molar refractivity (Wildman–Crippen MR) is 98.7 cm³/mol. The second kappa shape index (κ2) is 10.5. The normalized spacial score (nSPS) is 16.3. The van der Waals surface area contributed by atoms with E-state index >= 15 is 0 Å². The van der Waals surface area contributed by atoms with E-state index in [-0.39, 0.29) is 34.8 Å². The minimum atomic E-state index is -1.41. The molecule has 2 rings (SSSR count). The Bertz CT molecular complexity index is 796. The zero-order valence-corrected chi connectivity index (χ0v) is 16.1. The number of nitriles is 1. The van der Waals surface area contributed by atoms with Crippen LogP contribution in [-0.4, -0.2) is 44.3 Å². The smallest absolute Gasteiger partial charge is 0.262 e. The van der Waals surface area contributed by atoms with E-state index in [1.807, 2.05) is 6.07 Å². The molecule has 9 heteroatoms. The molecule has 1 fully saturated rings. The third-order valence-corrected chi connectivity index (χ3v) is 4.14. The predicted octanol–water partition coefficient (Wildman–Crippen LogP) is 1.07. The van der Waals surface area contributed by atoms with Crippen molar-refractivity contribution >= 4 is 29.6 Å². The Morgan fingerprint density at radius 1 is 1.46 bits per heavy atom. The van der Waals surface area contributed by atoms with Gasteiger partial charge in [-0.1, -0.05) is 11.6 Å². The molecule has 0 spiro atoms. The van der Waals surface area contributed by atoms with Gasteiger partial charge in [0.25, 0.3) is 5.91 Å². The summed E-state index contributed by atoms with van der Waals surface area (Å²) in [5.41, 5.74) is 0.318. The van der Waals surface area contributed by atoms with Gasteiger partial charge in [-0.25, -0.2) is 0 Å². The first-order valence-electron chi connectivity index (χ1n) is 8.75.